The minimum Gasteiger partial charge on any atom is -0.497 e. The first-order chi connectivity index (χ1) is 20.9. The number of thioether (sulfide) groups is 1. The quantitative estimate of drug-likeness (QED) is 0.256. The summed E-state index contributed by atoms with van der Waals surface area (Å²) in [4.78, 5) is 56.1. The Morgan fingerprint density at radius 2 is 1.58 bits per heavy atom. The van der Waals surface area contributed by atoms with Gasteiger partial charge in [-0.05, 0) is 52.7 Å². The number of aromatic nitrogens is 1. The van der Waals surface area contributed by atoms with E-state index >= 15 is 0 Å². The minimum atomic E-state index is -0.754. The monoisotopic (exact) mass is 607 g/mol. The summed E-state index contributed by atoms with van der Waals surface area (Å²) >= 11 is 2.23. The van der Waals surface area contributed by atoms with Gasteiger partial charge >= 0.3 is 4.87 Å². The van der Waals surface area contributed by atoms with E-state index in [0.29, 0.717) is 27.0 Å². The second-order valence-electron chi connectivity index (χ2n) is 10.4. The lowest BCUT2D eigenvalue weighted by molar-refractivity contribution is -0.122. The van der Waals surface area contributed by atoms with Crippen molar-refractivity contribution in [1.29, 1.82) is 0 Å². The number of carbonyl (C=O) groups excluding carboxylic acids is 3. The van der Waals surface area contributed by atoms with E-state index in [2.05, 4.69) is 5.32 Å². The molecule has 1 fully saturated rings. The minimum absolute atomic E-state index is 0.215. The van der Waals surface area contributed by atoms with Crippen molar-refractivity contribution in [2.24, 2.45) is 5.92 Å². The van der Waals surface area contributed by atoms with Crippen molar-refractivity contribution < 1.29 is 19.1 Å². The molecule has 2 aliphatic heterocycles. The maximum absolute atomic E-state index is 14.0. The number of nitrogens with zero attached hydrogens (tertiary/aromatic N) is 2. The summed E-state index contributed by atoms with van der Waals surface area (Å²) in [5, 5.41) is 4.75. The molecule has 3 heterocycles. The van der Waals surface area contributed by atoms with Gasteiger partial charge in [-0.15, -0.1) is 0 Å². The van der Waals surface area contributed by atoms with Crippen LogP contribution < -0.4 is 19.8 Å². The Hall–Kier alpha value is -4.67. The fourth-order valence-electron chi connectivity index (χ4n) is 5.87. The van der Waals surface area contributed by atoms with Crippen LogP contribution in [0, 0.1) is 5.92 Å². The molecule has 1 N–H and O–H groups in total. The first-order valence-corrected chi connectivity index (χ1v) is 15.4. The summed E-state index contributed by atoms with van der Waals surface area (Å²) in [6, 6.07) is 29.8. The van der Waals surface area contributed by atoms with E-state index in [1.807, 2.05) is 72.8 Å². The maximum atomic E-state index is 14.0. The lowest BCUT2D eigenvalue weighted by Crippen LogP contribution is -2.33. The van der Waals surface area contributed by atoms with Crippen LogP contribution in [0.3, 0.4) is 0 Å². The van der Waals surface area contributed by atoms with Gasteiger partial charge in [-0.1, -0.05) is 83.8 Å². The van der Waals surface area contributed by atoms with Gasteiger partial charge in [0, 0.05) is 16.5 Å². The predicted octanol–water partition coefficient (Wildman–Crippen LogP) is 5.51. The Morgan fingerprint density at radius 3 is 2.33 bits per heavy atom. The molecule has 5 aromatic rings. The molecule has 0 bridgehead atoms. The van der Waals surface area contributed by atoms with Gasteiger partial charge < -0.3 is 10.1 Å². The summed E-state index contributed by atoms with van der Waals surface area (Å²) in [5.41, 5.74) is 1.93. The van der Waals surface area contributed by atoms with E-state index in [1.54, 1.807) is 31.4 Å². The van der Waals surface area contributed by atoms with E-state index in [0.717, 1.165) is 27.7 Å². The highest BCUT2D eigenvalue weighted by molar-refractivity contribution is 8.00. The van der Waals surface area contributed by atoms with Crippen LogP contribution in [-0.4, -0.2) is 34.6 Å². The van der Waals surface area contributed by atoms with Crippen molar-refractivity contribution in [2.45, 2.75) is 22.7 Å². The molecular formula is C33H25N3O5S2. The molecule has 0 saturated carbocycles. The van der Waals surface area contributed by atoms with Crippen molar-refractivity contribution in [3.05, 3.63) is 117 Å². The van der Waals surface area contributed by atoms with Gasteiger partial charge in [-0.2, -0.15) is 0 Å². The number of fused-ring (bicyclic) bond motifs is 3. The molecule has 10 heteroatoms. The fraction of sp³-hybridized carbons (Fsp3) is 0.152. The van der Waals surface area contributed by atoms with Crippen LogP contribution in [0.25, 0.3) is 10.8 Å². The summed E-state index contributed by atoms with van der Waals surface area (Å²) in [6.45, 7) is -0.215. The molecule has 7 rings (SSSR count). The first kappa shape index (κ1) is 27.2. The van der Waals surface area contributed by atoms with Crippen molar-refractivity contribution in [3.8, 4) is 5.75 Å². The largest absolute Gasteiger partial charge is 0.497 e. The highest BCUT2D eigenvalue weighted by Gasteiger charge is 2.56. The van der Waals surface area contributed by atoms with Crippen LogP contribution in [0.1, 0.15) is 16.4 Å². The lowest BCUT2D eigenvalue weighted by Gasteiger charge is -2.30. The molecule has 43 heavy (non-hydrogen) atoms. The van der Waals surface area contributed by atoms with Crippen LogP contribution in [0.4, 0.5) is 11.4 Å². The van der Waals surface area contributed by atoms with E-state index in [1.165, 1.54) is 21.2 Å². The van der Waals surface area contributed by atoms with Crippen LogP contribution in [0.5, 0.6) is 5.75 Å². The fourth-order valence-corrected chi connectivity index (χ4v) is 8.64. The zero-order valence-electron chi connectivity index (χ0n) is 22.9. The molecule has 0 aliphatic carbocycles. The molecule has 1 saturated heterocycles. The molecule has 2 aliphatic rings. The third-order valence-electron chi connectivity index (χ3n) is 7.87. The Balaban J connectivity index is 1.24. The van der Waals surface area contributed by atoms with Crippen LogP contribution in [0.15, 0.2) is 107 Å². The number of hydrogen-bond donors (Lipinski definition) is 1. The number of anilines is 2. The number of imide groups is 1. The Bertz CT molecular complexity index is 1950. The van der Waals surface area contributed by atoms with Crippen molar-refractivity contribution in [1.82, 2.24) is 4.57 Å². The predicted molar refractivity (Wildman–Crippen MR) is 168 cm³/mol. The summed E-state index contributed by atoms with van der Waals surface area (Å²) < 4.78 is 6.67. The zero-order valence-corrected chi connectivity index (χ0v) is 24.6. The number of ether oxygens (including phenoxy) is 1. The number of benzene rings is 4. The number of hydrogen-bond acceptors (Lipinski definition) is 7. The average molecular weight is 608 g/mol. The Kier molecular flexibility index (Phi) is 6.87. The van der Waals surface area contributed by atoms with Crippen molar-refractivity contribution >= 4 is 63.0 Å². The Morgan fingerprint density at radius 1 is 0.860 bits per heavy atom. The molecule has 0 unspecified atom stereocenters. The number of amides is 3. The molecule has 3 amide bonds. The van der Waals surface area contributed by atoms with Gasteiger partial charge in [0.25, 0.3) is 0 Å². The van der Waals surface area contributed by atoms with Gasteiger partial charge in [0.15, 0.2) is 0 Å². The topological polar surface area (TPSA) is 97.7 Å². The molecule has 0 spiro atoms. The molecule has 4 aromatic carbocycles. The van der Waals surface area contributed by atoms with Crippen LogP contribution >= 0.6 is 23.1 Å². The van der Waals surface area contributed by atoms with Crippen molar-refractivity contribution in [2.75, 3.05) is 17.3 Å². The number of thiazole rings is 1. The smallest absolute Gasteiger partial charge is 0.308 e. The van der Waals surface area contributed by atoms with Gasteiger partial charge in [0.1, 0.15) is 17.5 Å². The maximum Gasteiger partial charge on any atom is 0.308 e. The van der Waals surface area contributed by atoms with E-state index in [9.17, 15) is 19.2 Å². The number of nitrogens with one attached hydrogen (secondary N) is 1. The standard InChI is InChI=1S/C33H25N3O5S2/c1-41-24-15-13-23(14-16-24)36-30(38)27-26(20-8-3-2-4-9-20)29-32(42-28(27)31(36)39)35(33(40)43-29)18-25(37)34-22-12-11-19-7-5-6-10-21(19)17-22/h2-17,26-28H,18H2,1H3,(H,34,37)/t26-,27-,28+/m0/s1. The third kappa shape index (κ3) is 4.72. The van der Waals surface area contributed by atoms with Crippen LogP contribution in [-0.2, 0) is 20.9 Å². The second-order valence-corrected chi connectivity index (χ2v) is 12.5. The van der Waals surface area contributed by atoms with Crippen LogP contribution in [0.2, 0.25) is 0 Å². The molecule has 1 aromatic heterocycles. The number of carbonyl (C=O) groups is 3. The SMILES string of the molecule is COc1ccc(N2C(=O)[C@H]3[C@H](c4ccccc4)c4sc(=O)n(CC(=O)Nc5ccc6ccccc6c5)c4S[C@H]3C2=O)cc1. The highest BCUT2D eigenvalue weighted by Crippen LogP contribution is 2.53. The first-order valence-electron chi connectivity index (χ1n) is 13.7. The summed E-state index contributed by atoms with van der Waals surface area (Å²) in [6.07, 6.45) is 0. The highest BCUT2D eigenvalue weighted by atomic mass is 32.2. The molecular weight excluding hydrogens is 583 g/mol. The normalized spacial score (nSPS) is 19.3. The lowest BCUT2D eigenvalue weighted by atomic mass is 9.83. The molecule has 214 valence electrons. The van der Waals surface area contributed by atoms with E-state index in [4.69, 9.17) is 4.74 Å². The molecule has 3 atom stereocenters. The van der Waals surface area contributed by atoms with Gasteiger partial charge in [0.2, 0.25) is 17.7 Å². The zero-order chi connectivity index (χ0) is 29.7. The third-order valence-corrected chi connectivity index (χ3v) is 10.5. The second kappa shape index (κ2) is 10.9. The summed E-state index contributed by atoms with van der Waals surface area (Å²) in [5.74, 6) is -1.61. The number of methoxy groups -OCH3 is 1. The van der Waals surface area contributed by atoms with Crippen molar-refractivity contribution in [3.63, 3.8) is 0 Å². The molecule has 8 nitrogen and oxygen atoms in total. The van der Waals surface area contributed by atoms with Gasteiger partial charge in [-0.25, -0.2) is 4.90 Å². The van der Waals surface area contributed by atoms with E-state index < -0.39 is 17.1 Å². The summed E-state index contributed by atoms with van der Waals surface area (Å²) in [7, 11) is 1.55. The van der Waals surface area contributed by atoms with Gasteiger partial charge in [0.05, 0.1) is 23.7 Å². The molecule has 0 radical (unpaired) electrons. The van der Waals surface area contributed by atoms with Gasteiger partial charge in [-0.3, -0.25) is 23.7 Å². The number of rotatable bonds is 6. The Labute approximate surface area is 254 Å². The average Bonchev–Trinajstić information content (AvgIpc) is 3.47. The van der Waals surface area contributed by atoms with E-state index in [-0.39, 0.29) is 29.1 Å².